The maximum atomic E-state index is 11.2. The minimum atomic E-state index is -1.20. The van der Waals surface area contributed by atoms with Gasteiger partial charge in [-0.2, -0.15) is 5.26 Å². The number of carboxylic acid groups (broad SMARTS) is 1. The molecular weight excluding hydrogens is 232 g/mol. The zero-order chi connectivity index (χ0) is 12.1. The van der Waals surface area contributed by atoms with Crippen LogP contribution in [0.25, 0.3) is 0 Å². The van der Waals surface area contributed by atoms with E-state index in [4.69, 9.17) is 22.0 Å². The molecule has 1 rings (SSSR count). The van der Waals surface area contributed by atoms with Crippen molar-refractivity contribution in [3.8, 4) is 6.07 Å². The van der Waals surface area contributed by atoms with Crippen LogP contribution >= 0.6 is 11.6 Å². The number of benzene rings is 1. The Morgan fingerprint density at radius 2 is 2.19 bits per heavy atom. The second-order valence-corrected chi connectivity index (χ2v) is 3.26. The summed E-state index contributed by atoms with van der Waals surface area (Å²) in [6, 6.07) is 5.89. The number of hydrogen-bond acceptors (Lipinski definition) is 3. The van der Waals surface area contributed by atoms with Gasteiger partial charge >= 0.3 is 5.97 Å². The predicted octanol–water partition coefficient (Wildman–Crippen LogP) is 1.89. The smallest absolute Gasteiger partial charge is 0.337 e. The van der Waals surface area contributed by atoms with Crippen LogP contribution in [0.5, 0.6) is 0 Å². The SMILES string of the molecule is N#CCC(=O)Nc1c(Cl)cccc1C(=O)O. The van der Waals surface area contributed by atoms with Gasteiger partial charge < -0.3 is 10.4 Å². The minimum Gasteiger partial charge on any atom is -0.478 e. The van der Waals surface area contributed by atoms with Crippen LogP contribution in [0.3, 0.4) is 0 Å². The van der Waals surface area contributed by atoms with Gasteiger partial charge in [-0.3, -0.25) is 4.79 Å². The fourth-order valence-corrected chi connectivity index (χ4v) is 1.31. The summed E-state index contributed by atoms with van der Waals surface area (Å²) in [5, 5.41) is 19.6. The van der Waals surface area contributed by atoms with Gasteiger partial charge in [-0.05, 0) is 12.1 Å². The second kappa shape index (κ2) is 5.14. The Kier molecular flexibility index (Phi) is 3.86. The van der Waals surface area contributed by atoms with Crippen molar-refractivity contribution >= 4 is 29.2 Å². The molecule has 0 aliphatic rings. The van der Waals surface area contributed by atoms with Crippen molar-refractivity contribution in [2.45, 2.75) is 6.42 Å². The molecule has 0 aliphatic carbocycles. The van der Waals surface area contributed by atoms with E-state index in [9.17, 15) is 9.59 Å². The van der Waals surface area contributed by atoms with Gasteiger partial charge in [0.2, 0.25) is 5.91 Å². The van der Waals surface area contributed by atoms with Crippen LogP contribution in [0, 0.1) is 11.3 Å². The minimum absolute atomic E-state index is 0.0110. The number of rotatable bonds is 3. The van der Waals surface area contributed by atoms with Gasteiger partial charge in [0, 0.05) is 0 Å². The molecule has 6 heteroatoms. The number of aromatic carboxylic acids is 1. The van der Waals surface area contributed by atoms with Crippen molar-refractivity contribution in [3.63, 3.8) is 0 Å². The van der Waals surface area contributed by atoms with E-state index in [1.54, 1.807) is 6.07 Å². The second-order valence-electron chi connectivity index (χ2n) is 2.85. The number of carbonyl (C=O) groups is 2. The highest BCUT2D eigenvalue weighted by Crippen LogP contribution is 2.26. The molecule has 0 radical (unpaired) electrons. The number of nitrogens with one attached hydrogen (secondary N) is 1. The third-order valence-corrected chi connectivity index (χ3v) is 2.06. The highest BCUT2D eigenvalue weighted by atomic mass is 35.5. The molecule has 0 atom stereocenters. The number of nitrogens with zero attached hydrogens (tertiary/aromatic N) is 1. The number of hydrogen-bond donors (Lipinski definition) is 2. The Morgan fingerprint density at radius 3 is 2.75 bits per heavy atom. The van der Waals surface area contributed by atoms with Crippen LogP contribution < -0.4 is 5.32 Å². The third kappa shape index (κ3) is 2.72. The van der Waals surface area contributed by atoms with Crippen LogP contribution in [0.4, 0.5) is 5.69 Å². The Morgan fingerprint density at radius 1 is 1.50 bits per heavy atom. The van der Waals surface area contributed by atoms with E-state index in [2.05, 4.69) is 5.32 Å². The molecule has 82 valence electrons. The molecule has 0 bridgehead atoms. The number of carbonyl (C=O) groups excluding carboxylic acids is 1. The third-order valence-electron chi connectivity index (χ3n) is 1.75. The Balaban J connectivity index is 3.07. The lowest BCUT2D eigenvalue weighted by Gasteiger charge is -2.08. The van der Waals surface area contributed by atoms with Crippen LogP contribution in [-0.4, -0.2) is 17.0 Å². The van der Waals surface area contributed by atoms with E-state index < -0.39 is 11.9 Å². The lowest BCUT2D eigenvalue weighted by atomic mass is 10.1. The maximum Gasteiger partial charge on any atom is 0.337 e. The van der Waals surface area contributed by atoms with Gasteiger partial charge in [0.05, 0.1) is 22.3 Å². The number of halogens is 1. The van der Waals surface area contributed by atoms with Crippen molar-refractivity contribution in [1.82, 2.24) is 0 Å². The fourth-order valence-electron chi connectivity index (χ4n) is 1.08. The molecule has 5 nitrogen and oxygen atoms in total. The van der Waals surface area contributed by atoms with E-state index in [1.807, 2.05) is 0 Å². The van der Waals surface area contributed by atoms with Crippen molar-refractivity contribution in [1.29, 1.82) is 5.26 Å². The number of carboxylic acids is 1. The first-order valence-corrected chi connectivity index (χ1v) is 4.62. The molecule has 2 N–H and O–H groups in total. The van der Waals surface area contributed by atoms with Crippen molar-refractivity contribution in [2.24, 2.45) is 0 Å². The summed E-state index contributed by atoms with van der Waals surface area (Å²) >= 11 is 5.76. The standard InChI is InChI=1S/C10H7ClN2O3/c11-7-3-1-2-6(10(15)16)9(7)13-8(14)4-5-12/h1-3H,4H2,(H,13,14)(H,15,16). The summed E-state index contributed by atoms with van der Waals surface area (Å²) in [6.45, 7) is 0. The molecule has 0 unspecified atom stereocenters. The van der Waals surface area contributed by atoms with Gasteiger partial charge in [0.15, 0.2) is 0 Å². The number of nitriles is 1. The number of para-hydroxylation sites is 1. The van der Waals surface area contributed by atoms with Crippen LogP contribution in [-0.2, 0) is 4.79 Å². The van der Waals surface area contributed by atoms with E-state index in [1.165, 1.54) is 18.2 Å². The van der Waals surface area contributed by atoms with Crippen molar-refractivity contribution < 1.29 is 14.7 Å². The highest BCUT2D eigenvalue weighted by molar-refractivity contribution is 6.34. The Labute approximate surface area is 96.3 Å². The molecule has 0 saturated heterocycles. The van der Waals surface area contributed by atoms with Crippen LogP contribution in [0.1, 0.15) is 16.8 Å². The van der Waals surface area contributed by atoms with E-state index in [0.29, 0.717) is 0 Å². The molecule has 0 heterocycles. The summed E-state index contributed by atoms with van der Waals surface area (Å²) in [4.78, 5) is 22.0. The first kappa shape index (κ1) is 12.0. The molecule has 0 aromatic heterocycles. The van der Waals surface area contributed by atoms with Crippen molar-refractivity contribution in [3.05, 3.63) is 28.8 Å². The molecule has 16 heavy (non-hydrogen) atoms. The van der Waals surface area contributed by atoms with Crippen LogP contribution in [0.15, 0.2) is 18.2 Å². The lowest BCUT2D eigenvalue weighted by Crippen LogP contribution is -2.14. The quantitative estimate of drug-likeness (QED) is 0.841. The largest absolute Gasteiger partial charge is 0.478 e. The zero-order valence-corrected chi connectivity index (χ0v) is 8.78. The lowest BCUT2D eigenvalue weighted by molar-refractivity contribution is -0.115. The van der Waals surface area contributed by atoms with Gasteiger partial charge in [0.1, 0.15) is 6.42 Å². The molecule has 0 fully saturated rings. The van der Waals surface area contributed by atoms with Crippen LogP contribution in [0.2, 0.25) is 5.02 Å². The van der Waals surface area contributed by atoms with E-state index in [-0.39, 0.29) is 22.7 Å². The first-order valence-electron chi connectivity index (χ1n) is 4.25. The summed E-state index contributed by atoms with van der Waals surface area (Å²) in [5.41, 5.74) is -0.101. The molecule has 0 saturated carbocycles. The molecule has 0 aliphatic heterocycles. The normalized spacial score (nSPS) is 9.25. The fraction of sp³-hybridized carbons (Fsp3) is 0.100. The van der Waals surface area contributed by atoms with E-state index in [0.717, 1.165) is 0 Å². The molecule has 1 amide bonds. The van der Waals surface area contributed by atoms with Gasteiger partial charge in [-0.15, -0.1) is 0 Å². The van der Waals surface area contributed by atoms with E-state index >= 15 is 0 Å². The maximum absolute atomic E-state index is 11.2. The number of amides is 1. The molecule has 1 aromatic carbocycles. The molecular formula is C10H7ClN2O3. The zero-order valence-electron chi connectivity index (χ0n) is 8.03. The average molecular weight is 239 g/mol. The summed E-state index contributed by atoms with van der Waals surface area (Å²) in [6.07, 6.45) is -0.357. The molecule has 1 aromatic rings. The summed E-state index contributed by atoms with van der Waals surface area (Å²) < 4.78 is 0. The summed E-state index contributed by atoms with van der Waals surface area (Å²) in [5.74, 6) is -1.80. The monoisotopic (exact) mass is 238 g/mol. The summed E-state index contributed by atoms with van der Waals surface area (Å²) in [7, 11) is 0. The highest BCUT2D eigenvalue weighted by Gasteiger charge is 2.14. The average Bonchev–Trinajstić information content (AvgIpc) is 2.21. The van der Waals surface area contributed by atoms with Gasteiger partial charge in [0.25, 0.3) is 0 Å². The van der Waals surface area contributed by atoms with Gasteiger partial charge in [-0.1, -0.05) is 17.7 Å². The topological polar surface area (TPSA) is 90.2 Å². The predicted molar refractivity (Wildman–Crippen MR) is 57.3 cm³/mol. The Bertz CT molecular complexity index is 479. The number of anilines is 1. The first-order chi connectivity index (χ1) is 7.56. The Hall–Kier alpha value is -2.06. The molecule has 0 spiro atoms. The van der Waals surface area contributed by atoms with Crippen molar-refractivity contribution in [2.75, 3.05) is 5.32 Å². The van der Waals surface area contributed by atoms with Gasteiger partial charge in [-0.25, -0.2) is 4.79 Å².